The zero-order chi connectivity index (χ0) is 11.4. The maximum Gasteiger partial charge on any atom is 0.212 e. The average Bonchev–Trinajstić information content (AvgIpc) is 2.78. The molecule has 0 saturated heterocycles. The fraction of sp³-hybridized carbons (Fsp3) is 0.273. The molecule has 5 heteroatoms. The van der Waals surface area contributed by atoms with Gasteiger partial charge in [-0.15, -0.1) is 22.9 Å². The van der Waals surface area contributed by atoms with E-state index in [-0.39, 0.29) is 0 Å². The molecule has 0 aliphatic rings. The number of pyridine rings is 1. The second-order valence-electron chi connectivity index (χ2n) is 3.25. The molecule has 2 aromatic heterocycles. The van der Waals surface area contributed by atoms with Gasteiger partial charge >= 0.3 is 0 Å². The summed E-state index contributed by atoms with van der Waals surface area (Å²) in [5, 5.41) is 3.04. The van der Waals surface area contributed by atoms with Gasteiger partial charge in [-0.1, -0.05) is 6.07 Å². The number of aromatic nitrogens is 2. The molecule has 0 aromatic carbocycles. The van der Waals surface area contributed by atoms with E-state index in [0.29, 0.717) is 11.8 Å². The molecule has 3 nitrogen and oxygen atoms in total. The normalized spacial score (nSPS) is 10.4. The van der Waals surface area contributed by atoms with Crippen LogP contribution >= 0.6 is 22.9 Å². The molecule has 0 fully saturated rings. The quantitative estimate of drug-likeness (QED) is 0.787. The Balaban J connectivity index is 2.08. The Labute approximate surface area is 103 Å². The summed E-state index contributed by atoms with van der Waals surface area (Å²) in [6.07, 6.45) is 2.60. The van der Waals surface area contributed by atoms with Gasteiger partial charge in [0.15, 0.2) is 0 Å². The Morgan fingerprint density at radius 1 is 1.44 bits per heavy atom. The van der Waals surface area contributed by atoms with Crippen LogP contribution in [-0.4, -0.2) is 17.1 Å². The first-order valence-corrected chi connectivity index (χ1v) is 6.21. The third-order valence-electron chi connectivity index (χ3n) is 2.10. The van der Waals surface area contributed by atoms with Crippen molar-refractivity contribution in [1.29, 1.82) is 0 Å². The lowest BCUT2D eigenvalue weighted by atomic mass is 10.2. The van der Waals surface area contributed by atoms with Crippen LogP contribution in [0.25, 0.3) is 0 Å². The van der Waals surface area contributed by atoms with Crippen LogP contribution in [0.1, 0.15) is 16.3 Å². The minimum absolute atomic E-state index is 0.470. The summed E-state index contributed by atoms with van der Waals surface area (Å²) in [5.74, 6) is 1.10. The van der Waals surface area contributed by atoms with Crippen LogP contribution in [0.5, 0.6) is 5.88 Å². The predicted molar refractivity (Wildman–Crippen MR) is 65.3 cm³/mol. The molecule has 0 N–H and O–H groups in total. The largest absolute Gasteiger partial charge is 0.481 e. The highest BCUT2D eigenvalue weighted by Crippen LogP contribution is 2.16. The number of alkyl halides is 1. The molecule has 16 heavy (non-hydrogen) atoms. The van der Waals surface area contributed by atoms with E-state index >= 15 is 0 Å². The molecule has 0 spiro atoms. The lowest BCUT2D eigenvalue weighted by molar-refractivity contribution is 0.397. The molecule has 0 atom stereocenters. The summed E-state index contributed by atoms with van der Waals surface area (Å²) in [7, 11) is 1.61. The maximum atomic E-state index is 5.70. The van der Waals surface area contributed by atoms with Crippen molar-refractivity contribution in [3.63, 3.8) is 0 Å². The SMILES string of the molecule is COc1ccc(Cc2nc(CCl)cs2)cn1. The van der Waals surface area contributed by atoms with Crippen LogP contribution in [0.4, 0.5) is 0 Å². The Hall–Kier alpha value is -1.13. The number of hydrogen-bond donors (Lipinski definition) is 0. The number of thiazole rings is 1. The number of methoxy groups -OCH3 is 1. The highest BCUT2D eigenvalue weighted by Gasteiger charge is 2.03. The van der Waals surface area contributed by atoms with Crippen molar-refractivity contribution >= 4 is 22.9 Å². The van der Waals surface area contributed by atoms with Crippen molar-refractivity contribution in [1.82, 2.24) is 9.97 Å². The van der Waals surface area contributed by atoms with Gasteiger partial charge in [0, 0.05) is 24.1 Å². The fourth-order valence-corrected chi connectivity index (χ4v) is 2.36. The topological polar surface area (TPSA) is 35.0 Å². The van der Waals surface area contributed by atoms with Crippen LogP contribution in [0, 0.1) is 0 Å². The molecule has 0 saturated carbocycles. The number of rotatable bonds is 4. The zero-order valence-corrected chi connectivity index (χ0v) is 10.4. The standard InChI is InChI=1S/C11H11ClN2OS/c1-15-10-3-2-8(6-13-10)4-11-14-9(5-12)7-16-11/h2-3,6-7H,4-5H2,1H3. The van der Waals surface area contributed by atoms with Gasteiger partial charge in [0.05, 0.1) is 23.7 Å². The molecule has 0 unspecified atom stereocenters. The molecule has 0 amide bonds. The molecule has 0 aliphatic carbocycles. The second-order valence-corrected chi connectivity index (χ2v) is 4.46. The van der Waals surface area contributed by atoms with Gasteiger partial charge in [-0.2, -0.15) is 0 Å². The highest BCUT2D eigenvalue weighted by molar-refractivity contribution is 7.09. The summed E-state index contributed by atoms with van der Waals surface area (Å²) in [4.78, 5) is 8.54. The molecular weight excluding hydrogens is 244 g/mol. The molecule has 2 rings (SSSR count). The van der Waals surface area contributed by atoms with Crippen molar-refractivity contribution in [2.45, 2.75) is 12.3 Å². The van der Waals surface area contributed by atoms with E-state index in [4.69, 9.17) is 16.3 Å². The first kappa shape index (κ1) is 11.4. The fourth-order valence-electron chi connectivity index (χ4n) is 1.30. The van der Waals surface area contributed by atoms with Crippen molar-refractivity contribution in [3.8, 4) is 5.88 Å². The van der Waals surface area contributed by atoms with E-state index in [9.17, 15) is 0 Å². The van der Waals surface area contributed by atoms with Gasteiger partial charge in [0.1, 0.15) is 0 Å². The van der Waals surface area contributed by atoms with Crippen molar-refractivity contribution < 1.29 is 4.74 Å². The monoisotopic (exact) mass is 254 g/mol. The average molecular weight is 255 g/mol. The first-order valence-electron chi connectivity index (χ1n) is 4.80. The lowest BCUT2D eigenvalue weighted by Gasteiger charge is -2.00. The van der Waals surface area contributed by atoms with E-state index in [1.54, 1.807) is 24.6 Å². The van der Waals surface area contributed by atoms with Gasteiger partial charge in [0.2, 0.25) is 5.88 Å². The second kappa shape index (κ2) is 5.27. The van der Waals surface area contributed by atoms with E-state index < -0.39 is 0 Å². The van der Waals surface area contributed by atoms with Crippen LogP contribution in [0.2, 0.25) is 0 Å². The Bertz CT molecular complexity index is 455. The van der Waals surface area contributed by atoms with Crippen molar-refractivity contribution in [2.75, 3.05) is 7.11 Å². The van der Waals surface area contributed by atoms with E-state index in [2.05, 4.69) is 9.97 Å². The molecule has 84 valence electrons. The number of halogens is 1. The highest BCUT2D eigenvalue weighted by atomic mass is 35.5. The van der Waals surface area contributed by atoms with Gasteiger partial charge in [0.25, 0.3) is 0 Å². The van der Waals surface area contributed by atoms with E-state index in [1.165, 1.54) is 0 Å². The molecule has 0 radical (unpaired) electrons. The Morgan fingerprint density at radius 2 is 2.31 bits per heavy atom. The summed E-state index contributed by atoms with van der Waals surface area (Å²) >= 11 is 7.32. The molecule has 2 aromatic rings. The lowest BCUT2D eigenvalue weighted by Crippen LogP contribution is -1.91. The molecular formula is C11H11ClN2OS. The van der Waals surface area contributed by atoms with Crippen LogP contribution < -0.4 is 4.74 Å². The van der Waals surface area contributed by atoms with E-state index in [0.717, 1.165) is 22.7 Å². The van der Waals surface area contributed by atoms with Crippen LogP contribution in [0.3, 0.4) is 0 Å². The maximum absolute atomic E-state index is 5.70. The number of hydrogen-bond acceptors (Lipinski definition) is 4. The molecule has 0 bridgehead atoms. The third kappa shape index (κ3) is 2.71. The Morgan fingerprint density at radius 3 is 2.88 bits per heavy atom. The van der Waals surface area contributed by atoms with Crippen molar-refractivity contribution in [3.05, 3.63) is 40.0 Å². The zero-order valence-electron chi connectivity index (χ0n) is 8.81. The smallest absolute Gasteiger partial charge is 0.212 e. The summed E-state index contributed by atoms with van der Waals surface area (Å²) in [5.41, 5.74) is 2.06. The van der Waals surface area contributed by atoms with Crippen LogP contribution in [-0.2, 0) is 12.3 Å². The van der Waals surface area contributed by atoms with Gasteiger partial charge in [-0.25, -0.2) is 9.97 Å². The number of nitrogens with zero attached hydrogens (tertiary/aromatic N) is 2. The van der Waals surface area contributed by atoms with E-state index in [1.807, 2.05) is 17.5 Å². The minimum Gasteiger partial charge on any atom is -0.481 e. The minimum atomic E-state index is 0.470. The summed E-state index contributed by atoms with van der Waals surface area (Å²) in [6.45, 7) is 0. The Kier molecular flexibility index (Phi) is 3.74. The summed E-state index contributed by atoms with van der Waals surface area (Å²) < 4.78 is 5.00. The van der Waals surface area contributed by atoms with Crippen molar-refractivity contribution in [2.24, 2.45) is 0 Å². The van der Waals surface area contributed by atoms with Gasteiger partial charge < -0.3 is 4.74 Å². The molecule has 0 aliphatic heterocycles. The predicted octanol–water partition coefficient (Wildman–Crippen LogP) is 2.88. The third-order valence-corrected chi connectivity index (χ3v) is 3.27. The van der Waals surface area contributed by atoms with Gasteiger partial charge in [-0.05, 0) is 5.56 Å². The van der Waals surface area contributed by atoms with Gasteiger partial charge in [-0.3, -0.25) is 0 Å². The first-order chi connectivity index (χ1) is 7.81. The van der Waals surface area contributed by atoms with Crippen LogP contribution in [0.15, 0.2) is 23.7 Å². The number of ether oxygens (including phenoxy) is 1. The summed E-state index contributed by atoms with van der Waals surface area (Å²) in [6, 6.07) is 3.85. The molecule has 2 heterocycles.